The van der Waals surface area contributed by atoms with Crippen LogP contribution >= 0.6 is 0 Å². The van der Waals surface area contributed by atoms with Gasteiger partial charge in [-0.15, -0.1) is 0 Å². The second-order valence-electron chi connectivity index (χ2n) is 15.7. The van der Waals surface area contributed by atoms with Crippen molar-refractivity contribution in [2.75, 3.05) is 0 Å². The van der Waals surface area contributed by atoms with Crippen molar-refractivity contribution in [3.05, 3.63) is 211 Å². The second-order valence-corrected chi connectivity index (χ2v) is 15.7. The quantitative estimate of drug-likeness (QED) is 0.160. The van der Waals surface area contributed by atoms with E-state index in [-0.39, 0.29) is 0 Å². The third-order valence-electron chi connectivity index (χ3n) is 12.5. The smallest absolute Gasteiger partial charge is 0.0963 e. The Labute approximate surface area is 343 Å². The highest BCUT2D eigenvalue weighted by atomic mass is 15.0. The zero-order valence-electron chi connectivity index (χ0n) is 32.4. The van der Waals surface area contributed by atoms with E-state index in [0.717, 1.165) is 40.5 Å². The summed E-state index contributed by atoms with van der Waals surface area (Å²) in [6, 6.07) is 69.2. The van der Waals surface area contributed by atoms with Crippen LogP contribution in [-0.4, -0.2) is 9.55 Å². The maximum Gasteiger partial charge on any atom is 0.0963 e. The van der Waals surface area contributed by atoms with Crippen LogP contribution in [-0.2, 0) is 6.42 Å². The van der Waals surface area contributed by atoms with E-state index in [1.54, 1.807) is 0 Å². The number of para-hydroxylation sites is 1. The lowest BCUT2D eigenvalue weighted by molar-refractivity contribution is 0.987. The van der Waals surface area contributed by atoms with Crippen molar-refractivity contribution in [1.82, 2.24) is 9.55 Å². The largest absolute Gasteiger partial charge is 0.308 e. The fraction of sp³-hybridized carbons (Fsp3) is 0.0351. The van der Waals surface area contributed by atoms with Crippen LogP contribution in [0.1, 0.15) is 17.5 Å². The topological polar surface area (TPSA) is 17.8 Å². The summed E-state index contributed by atoms with van der Waals surface area (Å²) in [5.74, 6) is 0. The van der Waals surface area contributed by atoms with Gasteiger partial charge in [-0.3, -0.25) is 4.98 Å². The summed E-state index contributed by atoms with van der Waals surface area (Å²) < 4.78 is 2.32. The highest BCUT2D eigenvalue weighted by Gasteiger charge is 2.21. The number of pyridine rings is 1. The number of benzene rings is 9. The molecule has 9 aromatic carbocycles. The molecule has 0 spiro atoms. The van der Waals surface area contributed by atoms with E-state index in [9.17, 15) is 0 Å². The van der Waals surface area contributed by atoms with Gasteiger partial charge in [-0.1, -0.05) is 158 Å². The molecule has 2 heterocycles. The Balaban J connectivity index is 1.02. The molecule has 0 amide bonds. The number of rotatable bonds is 5. The molecule has 0 saturated carbocycles. The number of hydrogen-bond donors (Lipinski definition) is 0. The zero-order valence-corrected chi connectivity index (χ0v) is 32.4. The van der Waals surface area contributed by atoms with E-state index in [2.05, 4.69) is 199 Å². The fourth-order valence-electron chi connectivity index (χ4n) is 9.90. The maximum atomic E-state index is 4.87. The first-order valence-corrected chi connectivity index (χ1v) is 20.6. The molecular formula is C57H38N2. The van der Waals surface area contributed by atoms with Crippen LogP contribution in [0.2, 0.25) is 0 Å². The molecule has 59 heavy (non-hydrogen) atoms. The van der Waals surface area contributed by atoms with Gasteiger partial charge in [0, 0.05) is 17.3 Å². The Kier molecular flexibility index (Phi) is 7.71. The highest BCUT2D eigenvalue weighted by molar-refractivity contribution is 6.24. The second kappa shape index (κ2) is 13.5. The van der Waals surface area contributed by atoms with Gasteiger partial charge in [-0.25, -0.2) is 0 Å². The molecule has 2 heteroatoms. The standard InChI is InChI=1S/C57H38N2/c1-2-19-41(20-3-1)59-53-33-30-39(36-52(53)57-54(59)29-14-34-58-57)38-17-12-18-40(35-38)43-31-32-51(45-23-7-6-22-44(43)45)56-49-26-10-8-24-47(49)55(48-25-9-11-27-50(48)56)46-28-13-16-37-15-4-5-21-42(37)46/h1-3,5-14,16-36H,4,15H2. The predicted octanol–water partition coefficient (Wildman–Crippen LogP) is 15.3. The van der Waals surface area contributed by atoms with Crippen molar-refractivity contribution in [2.45, 2.75) is 12.8 Å². The van der Waals surface area contributed by atoms with Crippen molar-refractivity contribution in [2.24, 2.45) is 0 Å². The molecular weight excluding hydrogens is 713 g/mol. The van der Waals surface area contributed by atoms with Crippen molar-refractivity contribution < 1.29 is 0 Å². The molecule has 2 aromatic heterocycles. The van der Waals surface area contributed by atoms with Gasteiger partial charge in [0.1, 0.15) is 0 Å². The van der Waals surface area contributed by atoms with Gasteiger partial charge in [0.15, 0.2) is 0 Å². The van der Waals surface area contributed by atoms with E-state index in [1.165, 1.54) is 88.0 Å². The molecule has 0 saturated heterocycles. The molecule has 0 aliphatic heterocycles. The van der Waals surface area contributed by atoms with Gasteiger partial charge in [0.05, 0.1) is 16.6 Å². The van der Waals surface area contributed by atoms with Gasteiger partial charge in [-0.05, 0) is 143 Å². The summed E-state index contributed by atoms with van der Waals surface area (Å²) in [6.45, 7) is 0. The van der Waals surface area contributed by atoms with Crippen molar-refractivity contribution in [3.63, 3.8) is 0 Å². The van der Waals surface area contributed by atoms with Crippen LogP contribution in [0.3, 0.4) is 0 Å². The van der Waals surface area contributed by atoms with Crippen LogP contribution < -0.4 is 0 Å². The van der Waals surface area contributed by atoms with Crippen LogP contribution in [0.25, 0.3) is 111 Å². The van der Waals surface area contributed by atoms with Crippen LogP contribution in [0.5, 0.6) is 0 Å². The average Bonchev–Trinajstić information content (AvgIpc) is 3.64. The molecule has 12 rings (SSSR count). The number of hydrogen-bond acceptors (Lipinski definition) is 1. The lowest BCUT2D eigenvalue weighted by Gasteiger charge is -2.22. The minimum atomic E-state index is 1.01. The van der Waals surface area contributed by atoms with Gasteiger partial charge in [0.25, 0.3) is 0 Å². The molecule has 0 bridgehead atoms. The Morgan fingerprint density at radius 3 is 1.80 bits per heavy atom. The number of aryl methyl sites for hydroxylation is 1. The zero-order chi connectivity index (χ0) is 38.9. The minimum absolute atomic E-state index is 1.01. The van der Waals surface area contributed by atoms with Gasteiger partial charge in [-0.2, -0.15) is 0 Å². The monoisotopic (exact) mass is 750 g/mol. The van der Waals surface area contributed by atoms with Crippen molar-refractivity contribution in [1.29, 1.82) is 0 Å². The Hall–Kier alpha value is -7.55. The molecule has 11 aromatic rings. The van der Waals surface area contributed by atoms with Crippen LogP contribution in [0.4, 0.5) is 0 Å². The fourth-order valence-corrected chi connectivity index (χ4v) is 9.90. The minimum Gasteiger partial charge on any atom is -0.308 e. The SMILES string of the molecule is C1=Cc2c(cccc2-c2c3ccccc3c(-c3ccc(-c4cccc(-c5ccc6c(c5)c5ncccc5n6-c5ccccc5)c4)c4ccccc34)c3ccccc23)CC1. The third-order valence-corrected chi connectivity index (χ3v) is 12.5. The highest BCUT2D eigenvalue weighted by Crippen LogP contribution is 2.48. The Morgan fingerprint density at radius 1 is 0.407 bits per heavy atom. The van der Waals surface area contributed by atoms with Crippen molar-refractivity contribution >= 4 is 60.3 Å². The molecule has 276 valence electrons. The number of aromatic nitrogens is 2. The molecule has 0 atom stereocenters. The average molecular weight is 751 g/mol. The van der Waals surface area contributed by atoms with Gasteiger partial charge < -0.3 is 4.57 Å². The van der Waals surface area contributed by atoms with E-state index in [0.29, 0.717) is 0 Å². The maximum absolute atomic E-state index is 4.87. The number of allylic oxidation sites excluding steroid dienone is 1. The van der Waals surface area contributed by atoms with Crippen molar-refractivity contribution in [3.8, 4) is 50.2 Å². The van der Waals surface area contributed by atoms with Gasteiger partial charge >= 0.3 is 0 Å². The molecule has 0 fully saturated rings. The molecule has 0 radical (unpaired) electrons. The summed E-state index contributed by atoms with van der Waals surface area (Å²) in [5, 5.41) is 8.76. The Morgan fingerprint density at radius 2 is 1.03 bits per heavy atom. The lowest BCUT2D eigenvalue weighted by Crippen LogP contribution is -1.98. The van der Waals surface area contributed by atoms with E-state index < -0.39 is 0 Å². The molecule has 2 nitrogen and oxygen atoms in total. The summed E-state index contributed by atoms with van der Waals surface area (Å²) in [5.41, 5.74) is 17.1. The Bertz CT molecular complexity index is 3440. The van der Waals surface area contributed by atoms with E-state index >= 15 is 0 Å². The lowest BCUT2D eigenvalue weighted by atomic mass is 9.81. The first kappa shape index (κ1) is 33.6. The first-order valence-electron chi connectivity index (χ1n) is 20.6. The number of fused-ring (bicyclic) bond motifs is 7. The summed E-state index contributed by atoms with van der Waals surface area (Å²) in [6.07, 6.45) is 8.75. The van der Waals surface area contributed by atoms with Crippen LogP contribution in [0.15, 0.2) is 200 Å². The molecule has 1 aliphatic rings. The van der Waals surface area contributed by atoms with Crippen LogP contribution in [0, 0.1) is 0 Å². The summed E-state index contributed by atoms with van der Waals surface area (Å²) in [7, 11) is 0. The van der Waals surface area contributed by atoms with Gasteiger partial charge in [0.2, 0.25) is 0 Å². The van der Waals surface area contributed by atoms with E-state index in [4.69, 9.17) is 4.98 Å². The van der Waals surface area contributed by atoms with E-state index in [1.807, 2.05) is 12.3 Å². The third kappa shape index (κ3) is 5.30. The molecule has 0 N–H and O–H groups in total. The normalized spacial score (nSPS) is 12.5. The predicted molar refractivity (Wildman–Crippen MR) is 250 cm³/mol. The first-order chi connectivity index (χ1) is 29.3. The summed E-state index contributed by atoms with van der Waals surface area (Å²) >= 11 is 0. The molecule has 0 unspecified atom stereocenters. The number of nitrogens with zero attached hydrogens (tertiary/aromatic N) is 2. The summed E-state index contributed by atoms with van der Waals surface area (Å²) in [4.78, 5) is 4.87. The molecule has 1 aliphatic carbocycles.